The minimum absolute atomic E-state index is 0.660. The van der Waals surface area contributed by atoms with Gasteiger partial charge in [0.2, 0.25) is 0 Å². The van der Waals surface area contributed by atoms with Gasteiger partial charge in [-0.25, -0.2) is 0 Å². The Balaban J connectivity index is 1.83. The molecule has 0 aliphatic heterocycles. The van der Waals surface area contributed by atoms with Crippen LogP contribution in [-0.4, -0.2) is 0 Å². The molecule has 0 saturated carbocycles. The molecule has 0 saturated heterocycles. The summed E-state index contributed by atoms with van der Waals surface area (Å²) in [6.45, 7) is 0. The van der Waals surface area contributed by atoms with Crippen molar-refractivity contribution < 1.29 is 13.2 Å². The van der Waals surface area contributed by atoms with Crippen molar-refractivity contribution in [1.29, 1.82) is 0 Å². The second kappa shape index (κ2) is 7.47. The van der Waals surface area contributed by atoms with Gasteiger partial charge in [0.1, 0.15) is 0 Å². The summed E-state index contributed by atoms with van der Waals surface area (Å²) < 4.78 is 39.5. The number of fused-ring (bicyclic) bond motifs is 2. The average Bonchev–Trinajstić information content (AvgIpc) is 2.79. The number of nitrogens with zero attached hydrogens (tertiary/aromatic N) is 1. The van der Waals surface area contributed by atoms with E-state index in [1.807, 2.05) is 59.5 Å². The summed E-state index contributed by atoms with van der Waals surface area (Å²) in [4.78, 5) is 2.03. The van der Waals surface area contributed by atoms with Crippen molar-refractivity contribution in [3.8, 4) is 0 Å². The third-order valence-corrected chi connectivity index (χ3v) is 5.43. The first-order valence-corrected chi connectivity index (χ1v) is 9.95. The maximum Gasteiger partial charge on any atom is 0.416 e. The zero-order valence-electron chi connectivity index (χ0n) is 16.5. The van der Waals surface area contributed by atoms with Crippen molar-refractivity contribution >= 4 is 38.6 Å². The van der Waals surface area contributed by atoms with E-state index in [4.69, 9.17) is 0 Å². The Morgan fingerprint density at radius 3 is 1.55 bits per heavy atom. The predicted molar refractivity (Wildman–Crippen MR) is 121 cm³/mol. The maximum atomic E-state index is 13.2. The zero-order chi connectivity index (χ0) is 21.4. The number of para-hydroxylation sites is 1. The first-order valence-electron chi connectivity index (χ1n) is 9.95. The van der Waals surface area contributed by atoms with E-state index in [1.54, 1.807) is 0 Å². The van der Waals surface area contributed by atoms with Crippen LogP contribution in [0.3, 0.4) is 0 Å². The monoisotopic (exact) mass is 413 g/mol. The summed E-state index contributed by atoms with van der Waals surface area (Å²) >= 11 is 0. The van der Waals surface area contributed by atoms with E-state index in [-0.39, 0.29) is 0 Å². The van der Waals surface area contributed by atoms with Gasteiger partial charge in [0.25, 0.3) is 0 Å². The van der Waals surface area contributed by atoms with Crippen LogP contribution in [-0.2, 0) is 6.18 Å². The lowest BCUT2D eigenvalue weighted by atomic mass is 9.99. The molecule has 0 fully saturated rings. The van der Waals surface area contributed by atoms with E-state index >= 15 is 0 Å². The minimum atomic E-state index is -4.37. The van der Waals surface area contributed by atoms with Crippen molar-refractivity contribution in [2.75, 3.05) is 4.90 Å². The summed E-state index contributed by atoms with van der Waals surface area (Å²) in [7, 11) is 0. The number of benzene rings is 5. The van der Waals surface area contributed by atoms with Gasteiger partial charge in [0.05, 0.1) is 11.3 Å². The predicted octanol–water partition coefficient (Wildman–Crippen LogP) is 8.48. The molecule has 0 bridgehead atoms. The summed E-state index contributed by atoms with van der Waals surface area (Å²) in [5.41, 5.74) is 1.83. The number of anilines is 3. The van der Waals surface area contributed by atoms with Crippen LogP contribution in [0.25, 0.3) is 21.5 Å². The summed E-state index contributed by atoms with van der Waals surface area (Å²) in [5, 5.41) is 4.21. The van der Waals surface area contributed by atoms with Crippen LogP contribution in [0.4, 0.5) is 30.2 Å². The Labute approximate surface area is 178 Å². The van der Waals surface area contributed by atoms with Crippen LogP contribution in [0, 0.1) is 0 Å². The topological polar surface area (TPSA) is 3.24 Å². The molecule has 0 aliphatic carbocycles. The molecule has 0 radical (unpaired) electrons. The molecule has 4 heteroatoms. The third kappa shape index (κ3) is 3.50. The normalized spacial score (nSPS) is 11.7. The molecule has 0 amide bonds. The van der Waals surface area contributed by atoms with Gasteiger partial charge >= 0.3 is 6.18 Å². The largest absolute Gasteiger partial charge is 0.416 e. The van der Waals surface area contributed by atoms with Gasteiger partial charge in [0.15, 0.2) is 0 Å². The molecule has 0 spiro atoms. The lowest BCUT2D eigenvalue weighted by Crippen LogP contribution is -2.12. The summed E-state index contributed by atoms with van der Waals surface area (Å²) in [6.07, 6.45) is -4.37. The highest BCUT2D eigenvalue weighted by Gasteiger charge is 2.30. The number of hydrogen-bond donors (Lipinski definition) is 0. The van der Waals surface area contributed by atoms with Gasteiger partial charge in [-0.3, -0.25) is 0 Å². The van der Waals surface area contributed by atoms with Crippen molar-refractivity contribution in [2.24, 2.45) is 0 Å². The van der Waals surface area contributed by atoms with Crippen LogP contribution in [0.15, 0.2) is 109 Å². The molecule has 31 heavy (non-hydrogen) atoms. The van der Waals surface area contributed by atoms with E-state index < -0.39 is 11.7 Å². The van der Waals surface area contributed by atoms with E-state index in [0.29, 0.717) is 5.69 Å². The van der Waals surface area contributed by atoms with Crippen molar-refractivity contribution in [2.45, 2.75) is 6.18 Å². The van der Waals surface area contributed by atoms with Crippen molar-refractivity contribution in [3.05, 3.63) is 115 Å². The highest BCUT2D eigenvalue weighted by molar-refractivity contribution is 6.14. The van der Waals surface area contributed by atoms with E-state index in [1.165, 1.54) is 12.1 Å². The zero-order valence-corrected chi connectivity index (χ0v) is 16.5. The fourth-order valence-corrected chi connectivity index (χ4v) is 4.01. The smallest absolute Gasteiger partial charge is 0.309 e. The Morgan fingerprint density at radius 2 is 1.00 bits per heavy atom. The lowest BCUT2D eigenvalue weighted by molar-refractivity contribution is -0.137. The molecule has 0 aromatic heterocycles. The number of halogens is 3. The molecule has 5 rings (SSSR count). The van der Waals surface area contributed by atoms with Gasteiger partial charge in [-0.15, -0.1) is 0 Å². The van der Waals surface area contributed by atoms with Crippen LogP contribution in [0.5, 0.6) is 0 Å². The number of rotatable bonds is 3. The minimum Gasteiger partial charge on any atom is -0.309 e. The summed E-state index contributed by atoms with van der Waals surface area (Å²) in [5.74, 6) is 0. The lowest BCUT2D eigenvalue weighted by Gasteiger charge is -2.28. The first kappa shape index (κ1) is 19.2. The van der Waals surface area contributed by atoms with Crippen molar-refractivity contribution in [3.63, 3.8) is 0 Å². The van der Waals surface area contributed by atoms with Gasteiger partial charge in [-0.2, -0.15) is 13.2 Å². The molecule has 0 atom stereocenters. The van der Waals surface area contributed by atoms with E-state index in [9.17, 15) is 13.2 Å². The van der Waals surface area contributed by atoms with Crippen LogP contribution in [0.2, 0.25) is 0 Å². The Bertz CT molecular complexity index is 1300. The second-order valence-corrected chi connectivity index (χ2v) is 7.38. The molecule has 0 unspecified atom stereocenters. The van der Waals surface area contributed by atoms with Gasteiger partial charge < -0.3 is 4.90 Å². The standard InChI is InChI=1S/C27H18F3N/c28-27(29,30)21-14-16-23(17-15-21)31(22-10-2-1-3-11-22)26-24-12-6-4-8-19(24)18-20-9-5-7-13-25(20)26/h1-18H. The van der Waals surface area contributed by atoms with E-state index in [0.717, 1.165) is 45.1 Å². The fourth-order valence-electron chi connectivity index (χ4n) is 4.01. The highest BCUT2D eigenvalue weighted by atomic mass is 19.4. The molecule has 0 N–H and O–H groups in total. The molecule has 0 aliphatic rings. The van der Waals surface area contributed by atoms with Crippen LogP contribution < -0.4 is 4.90 Å². The average molecular weight is 413 g/mol. The second-order valence-electron chi connectivity index (χ2n) is 7.38. The van der Waals surface area contributed by atoms with Gasteiger partial charge in [0, 0.05) is 22.1 Å². The molecular weight excluding hydrogens is 395 g/mol. The quantitative estimate of drug-likeness (QED) is 0.268. The van der Waals surface area contributed by atoms with E-state index in [2.05, 4.69) is 30.3 Å². The third-order valence-electron chi connectivity index (χ3n) is 5.43. The Kier molecular flexibility index (Phi) is 4.63. The molecular formula is C27H18F3N. The van der Waals surface area contributed by atoms with Gasteiger partial charge in [-0.05, 0) is 53.2 Å². The molecule has 0 heterocycles. The Morgan fingerprint density at radius 1 is 0.516 bits per heavy atom. The molecule has 5 aromatic rings. The molecule has 152 valence electrons. The van der Waals surface area contributed by atoms with Gasteiger partial charge in [-0.1, -0.05) is 66.7 Å². The first-order chi connectivity index (χ1) is 15.0. The summed E-state index contributed by atoms with van der Waals surface area (Å²) in [6, 6.07) is 33.4. The van der Waals surface area contributed by atoms with Crippen LogP contribution >= 0.6 is 0 Å². The number of hydrogen-bond acceptors (Lipinski definition) is 1. The highest BCUT2D eigenvalue weighted by Crippen LogP contribution is 2.44. The fraction of sp³-hybridized carbons (Fsp3) is 0.0370. The SMILES string of the molecule is FC(F)(F)c1ccc(N(c2ccccc2)c2c3ccccc3cc3ccccc23)cc1. The Hall–Kier alpha value is -3.79. The molecule has 1 nitrogen and oxygen atoms in total. The van der Waals surface area contributed by atoms with Crippen molar-refractivity contribution in [1.82, 2.24) is 0 Å². The molecule has 5 aromatic carbocycles. The van der Waals surface area contributed by atoms with Crippen LogP contribution in [0.1, 0.15) is 5.56 Å². The number of alkyl halides is 3. The maximum absolute atomic E-state index is 13.2.